The molecular formula is C18H23ClN4O2. The molecule has 7 heteroatoms. The van der Waals surface area contributed by atoms with E-state index in [9.17, 15) is 4.79 Å². The summed E-state index contributed by atoms with van der Waals surface area (Å²) in [5, 5.41) is 7.92. The average molecular weight is 363 g/mol. The maximum atomic E-state index is 12.6. The number of hydrogen-bond donors (Lipinski definition) is 1. The van der Waals surface area contributed by atoms with Crippen molar-refractivity contribution < 1.29 is 9.53 Å². The summed E-state index contributed by atoms with van der Waals surface area (Å²) in [6, 6.07) is 7.91. The zero-order valence-electron chi connectivity index (χ0n) is 14.3. The van der Waals surface area contributed by atoms with Crippen LogP contribution in [0.5, 0.6) is 0 Å². The number of carbonyl (C=O) groups is 1. The third-order valence-electron chi connectivity index (χ3n) is 4.46. The molecule has 3 rings (SSSR count). The predicted octanol–water partition coefficient (Wildman–Crippen LogP) is 3.42. The van der Waals surface area contributed by atoms with Gasteiger partial charge < -0.3 is 15.0 Å². The minimum Gasteiger partial charge on any atom is -0.383 e. The van der Waals surface area contributed by atoms with Crippen LogP contribution in [-0.4, -0.2) is 47.0 Å². The van der Waals surface area contributed by atoms with E-state index in [0.717, 1.165) is 36.4 Å². The molecule has 1 aliphatic heterocycles. The van der Waals surface area contributed by atoms with Crippen LogP contribution in [0.25, 0.3) is 0 Å². The number of nitrogens with zero attached hydrogens (tertiary/aromatic N) is 3. The molecule has 6 nitrogen and oxygen atoms in total. The van der Waals surface area contributed by atoms with Crippen LogP contribution in [-0.2, 0) is 17.7 Å². The summed E-state index contributed by atoms with van der Waals surface area (Å²) < 4.78 is 6.78. The van der Waals surface area contributed by atoms with E-state index in [1.165, 1.54) is 0 Å². The Hall–Kier alpha value is -2.05. The number of rotatable bonds is 6. The molecule has 2 amide bonds. The fourth-order valence-electron chi connectivity index (χ4n) is 3.16. The van der Waals surface area contributed by atoms with Crippen LogP contribution in [0, 0.1) is 0 Å². The summed E-state index contributed by atoms with van der Waals surface area (Å²) in [4.78, 5) is 14.5. The first-order valence-corrected chi connectivity index (χ1v) is 8.87. The lowest BCUT2D eigenvalue weighted by atomic mass is 10.0. The highest BCUT2D eigenvalue weighted by Gasteiger charge is 2.29. The van der Waals surface area contributed by atoms with Crippen LogP contribution < -0.4 is 5.32 Å². The molecule has 0 spiro atoms. The molecule has 2 heterocycles. The van der Waals surface area contributed by atoms with Gasteiger partial charge in [0.2, 0.25) is 0 Å². The Bertz CT molecular complexity index is 719. The first kappa shape index (κ1) is 17.8. The van der Waals surface area contributed by atoms with Crippen LogP contribution in [0.3, 0.4) is 0 Å². The second-order valence-corrected chi connectivity index (χ2v) is 6.61. The van der Waals surface area contributed by atoms with Gasteiger partial charge in [0.05, 0.1) is 25.0 Å². The normalized spacial score (nSPS) is 17.0. The Kier molecular flexibility index (Phi) is 5.94. The number of benzene rings is 1. The van der Waals surface area contributed by atoms with Crippen LogP contribution in [0.2, 0.25) is 5.02 Å². The van der Waals surface area contributed by atoms with Crippen molar-refractivity contribution in [2.45, 2.75) is 31.8 Å². The molecule has 0 saturated carbocycles. The van der Waals surface area contributed by atoms with Gasteiger partial charge in [0.1, 0.15) is 0 Å². The number of anilines is 1. The number of nitrogens with one attached hydrogen (secondary N) is 1. The topological polar surface area (TPSA) is 59.4 Å². The highest BCUT2D eigenvalue weighted by molar-refractivity contribution is 6.31. The fourth-order valence-corrected chi connectivity index (χ4v) is 3.38. The highest BCUT2D eigenvalue weighted by atomic mass is 35.5. The van der Waals surface area contributed by atoms with Gasteiger partial charge in [-0.05, 0) is 30.9 Å². The Labute approximate surface area is 152 Å². The molecule has 0 unspecified atom stereocenters. The fraction of sp³-hybridized carbons (Fsp3) is 0.444. The SMILES string of the molecule is COCCn1cc(NC(=O)N2CCC[C@@H]2Cc2ccccc2Cl)cn1. The third kappa shape index (κ3) is 4.52. The molecule has 1 saturated heterocycles. The van der Waals surface area contributed by atoms with E-state index in [1.807, 2.05) is 35.4 Å². The molecule has 1 N–H and O–H groups in total. The molecule has 0 aliphatic carbocycles. The summed E-state index contributed by atoms with van der Waals surface area (Å²) in [5.41, 5.74) is 1.78. The summed E-state index contributed by atoms with van der Waals surface area (Å²) in [6.45, 7) is 2.01. The maximum absolute atomic E-state index is 12.6. The maximum Gasteiger partial charge on any atom is 0.322 e. The van der Waals surface area contributed by atoms with Gasteiger partial charge in [-0.3, -0.25) is 4.68 Å². The van der Waals surface area contributed by atoms with Crippen molar-refractivity contribution in [1.29, 1.82) is 0 Å². The van der Waals surface area contributed by atoms with E-state index >= 15 is 0 Å². The number of carbonyl (C=O) groups excluding carboxylic acids is 1. The van der Waals surface area contributed by atoms with Crippen molar-refractivity contribution in [3.63, 3.8) is 0 Å². The lowest BCUT2D eigenvalue weighted by Crippen LogP contribution is -2.39. The molecule has 0 bridgehead atoms. The Morgan fingerprint density at radius 1 is 1.44 bits per heavy atom. The quantitative estimate of drug-likeness (QED) is 0.856. The van der Waals surface area contributed by atoms with E-state index in [1.54, 1.807) is 18.0 Å². The number of hydrogen-bond acceptors (Lipinski definition) is 3. The molecule has 1 aromatic heterocycles. The number of methoxy groups -OCH3 is 1. The van der Waals surface area contributed by atoms with Gasteiger partial charge in [0.15, 0.2) is 0 Å². The number of halogens is 1. The zero-order valence-corrected chi connectivity index (χ0v) is 15.1. The molecule has 134 valence electrons. The van der Waals surface area contributed by atoms with E-state index in [-0.39, 0.29) is 12.1 Å². The van der Waals surface area contributed by atoms with E-state index < -0.39 is 0 Å². The summed E-state index contributed by atoms with van der Waals surface area (Å²) >= 11 is 6.26. The van der Waals surface area contributed by atoms with Crippen molar-refractivity contribution in [3.05, 3.63) is 47.2 Å². The largest absolute Gasteiger partial charge is 0.383 e. The second-order valence-electron chi connectivity index (χ2n) is 6.20. The standard InChI is InChI=1S/C18H23ClN4O2/c1-25-10-9-22-13-15(12-20-22)21-18(24)23-8-4-6-16(23)11-14-5-2-3-7-17(14)19/h2-3,5,7,12-13,16H,4,6,8-11H2,1H3,(H,21,24)/t16-/m1/s1. The van der Waals surface area contributed by atoms with E-state index in [4.69, 9.17) is 16.3 Å². The van der Waals surface area contributed by atoms with Crippen molar-refractivity contribution in [2.24, 2.45) is 0 Å². The molecule has 2 aromatic rings. The van der Waals surface area contributed by atoms with Crippen molar-refractivity contribution in [3.8, 4) is 0 Å². The lowest BCUT2D eigenvalue weighted by Gasteiger charge is -2.25. The lowest BCUT2D eigenvalue weighted by molar-refractivity contribution is 0.183. The molecule has 1 fully saturated rings. The Morgan fingerprint density at radius 3 is 3.08 bits per heavy atom. The highest BCUT2D eigenvalue weighted by Crippen LogP contribution is 2.25. The molecule has 0 radical (unpaired) electrons. The van der Waals surface area contributed by atoms with Crippen molar-refractivity contribution >= 4 is 23.3 Å². The van der Waals surface area contributed by atoms with E-state index in [2.05, 4.69) is 10.4 Å². The van der Waals surface area contributed by atoms with Crippen LogP contribution in [0.1, 0.15) is 18.4 Å². The molecule has 25 heavy (non-hydrogen) atoms. The third-order valence-corrected chi connectivity index (χ3v) is 4.83. The minimum absolute atomic E-state index is 0.0826. The van der Waals surface area contributed by atoms with Gasteiger partial charge in [-0.2, -0.15) is 5.10 Å². The first-order valence-electron chi connectivity index (χ1n) is 8.50. The van der Waals surface area contributed by atoms with Gasteiger partial charge in [0.25, 0.3) is 0 Å². The van der Waals surface area contributed by atoms with Gasteiger partial charge in [-0.1, -0.05) is 29.8 Å². The zero-order chi connectivity index (χ0) is 17.6. The van der Waals surface area contributed by atoms with Crippen molar-refractivity contribution in [1.82, 2.24) is 14.7 Å². The van der Waals surface area contributed by atoms with Crippen LogP contribution in [0.15, 0.2) is 36.7 Å². The summed E-state index contributed by atoms with van der Waals surface area (Å²) in [6.07, 6.45) is 6.25. The van der Waals surface area contributed by atoms with Gasteiger partial charge >= 0.3 is 6.03 Å². The van der Waals surface area contributed by atoms with Crippen LogP contribution in [0.4, 0.5) is 10.5 Å². The summed E-state index contributed by atoms with van der Waals surface area (Å²) in [5.74, 6) is 0. The monoisotopic (exact) mass is 362 g/mol. The molecular weight excluding hydrogens is 340 g/mol. The summed E-state index contributed by atoms with van der Waals surface area (Å²) in [7, 11) is 1.65. The van der Waals surface area contributed by atoms with Crippen LogP contribution >= 0.6 is 11.6 Å². The number of urea groups is 1. The number of likely N-dealkylation sites (tertiary alicyclic amines) is 1. The van der Waals surface area contributed by atoms with Crippen molar-refractivity contribution in [2.75, 3.05) is 25.6 Å². The Morgan fingerprint density at radius 2 is 2.28 bits per heavy atom. The smallest absolute Gasteiger partial charge is 0.322 e. The molecule has 1 aromatic carbocycles. The number of ether oxygens (including phenoxy) is 1. The van der Waals surface area contributed by atoms with E-state index in [0.29, 0.717) is 18.8 Å². The Balaban J connectivity index is 1.60. The van der Waals surface area contributed by atoms with Gasteiger partial charge in [-0.15, -0.1) is 0 Å². The second kappa shape index (κ2) is 8.36. The average Bonchev–Trinajstić information content (AvgIpc) is 3.24. The molecule has 1 aliphatic rings. The van der Waals surface area contributed by atoms with Gasteiger partial charge in [0, 0.05) is 30.9 Å². The minimum atomic E-state index is -0.0826. The van der Waals surface area contributed by atoms with Gasteiger partial charge in [-0.25, -0.2) is 4.79 Å². The number of amides is 2. The first-order chi connectivity index (χ1) is 12.2. The predicted molar refractivity (Wildman–Crippen MR) is 98.0 cm³/mol. The number of aromatic nitrogens is 2. The molecule has 1 atom stereocenters.